The fourth-order valence-corrected chi connectivity index (χ4v) is 2.90. The molecule has 2 rings (SSSR count). The SMILES string of the molecule is COC(=O)c1cscc1C.Cc1cscc1C(=O)O. The molecule has 0 radical (unpaired) electrons. The minimum Gasteiger partial charge on any atom is -0.478 e. The van der Waals surface area contributed by atoms with Crippen LogP contribution in [-0.4, -0.2) is 24.2 Å². The van der Waals surface area contributed by atoms with Crippen LogP contribution in [0.25, 0.3) is 0 Å². The van der Waals surface area contributed by atoms with E-state index in [0.29, 0.717) is 11.1 Å². The van der Waals surface area contributed by atoms with E-state index in [-0.39, 0.29) is 5.97 Å². The van der Waals surface area contributed by atoms with Gasteiger partial charge < -0.3 is 9.84 Å². The Kier molecular flexibility index (Phi) is 5.72. The Morgan fingerprint density at radius 2 is 1.47 bits per heavy atom. The molecule has 0 saturated carbocycles. The second kappa shape index (κ2) is 7.06. The molecule has 0 aliphatic rings. The zero-order chi connectivity index (χ0) is 14.4. The number of aromatic carboxylic acids is 1. The predicted octanol–water partition coefficient (Wildman–Crippen LogP) is 3.60. The summed E-state index contributed by atoms with van der Waals surface area (Å²) >= 11 is 2.92. The van der Waals surface area contributed by atoms with Crippen LogP contribution in [0.4, 0.5) is 0 Å². The largest absolute Gasteiger partial charge is 0.478 e. The third-order valence-electron chi connectivity index (χ3n) is 2.35. The minimum atomic E-state index is -0.839. The highest BCUT2D eigenvalue weighted by molar-refractivity contribution is 7.08. The highest BCUT2D eigenvalue weighted by Gasteiger charge is 2.08. The van der Waals surface area contributed by atoms with Gasteiger partial charge in [0.25, 0.3) is 0 Å². The fourth-order valence-electron chi connectivity index (χ4n) is 1.26. The molecular weight excluding hydrogens is 284 g/mol. The molecule has 0 aliphatic carbocycles. The smallest absolute Gasteiger partial charge is 0.338 e. The average molecular weight is 298 g/mol. The number of carboxylic acid groups (broad SMARTS) is 1. The maximum absolute atomic E-state index is 10.9. The van der Waals surface area contributed by atoms with Gasteiger partial charge in [0.2, 0.25) is 0 Å². The Hall–Kier alpha value is -1.66. The quantitative estimate of drug-likeness (QED) is 0.860. The average Bonchev–Trinajstić information content (AvgIpc) is 2.97. The molecule has 0 fully saturated rings. The van der Waals surface area contributed by atoms with Crippen molar-refractivity contribution in [3.05, 3.63) is 43.8 Å². The summed E-state index contributed by atoms with van der Waals surface area (Å²) in [6.07, 6.45) is 0. The van der Waals surface area contributed by atoms with Crippen LogP contribution in [0.2, 0.25) is 0 Å². The molecule has 0 amide bonds. The summed E-state index contributed by atoms with van der Waals surface area (Å²) in [6.45, 7) is 3.68. The number of carboxylic acids is 1. The number of hydrogen-bond acceptors (Lipinski definition) is 5. The number of methoxy groups -OCH3 is 1. The minimum absolute atomic E-state index is 0.251. The summed E-state index contributed by atoms with van der Waals surface area (Å²) in [7, 11) is 1.39. The van der Waals surface area contributed by atoms with Gasteiger partial charge in [0.15, 0.2) is 0 Å². The second-order valence-corrected chi connectivity index (χ2v) is 5.22. The standard InChI is InChI=1S/C7H8O2S.C6H6O2S/c1-5-3-10-4-6(5)7(8)9-2;1-4-2-9-3-5(4)6(7)8/h3-4H,1-2H3;2-3H,1H3,(H,7,8). The van der Waals surface area contributed by atoms with Crippen LogP contribution >= 0.6 is 22.7 Å². The maximum atomic E-state index is 10.9. The molecule has 0 bridgehead atoms. The summed E-state index contributed by atoms with van der Waals surface area (Å²) in [6, 6.07) is 0. The van der Waals surface area contributed by atoms with Crippen molar-refractivity contribution in [2.24, 2.45) is 0 Å². The van der Waals surface area contributed by atoms with Crippen molar-refractivity contribution in [3.8, 4) is 0 Å². The van der Waals surface area contributed by atoms with Crippen LogP contribution < -0.4 is 0 Å². The van der Waals surface area contributed by atoms with Crippen LogP contribution in [0.5, 0.6) is 0 Å². The van der Waals surface area contributed by atoms with Crippen molar-refractivity contribution in [1.29, 1.82) is 0 Å². The predicted molar refractivity (Wildman–Crippen MR) is 76.4 cm³/mol. The van der Waals surface area contributed by atoms with Crippen molar-refractivity contribution in [3.63, 3.8) is 0 Å². The molecule has 0 spiro atoms. The van der Waals surface area contributed by atoms with Gasteiger partial charge in [0.1, 0.15) is 0 Å². The second-order valence-electron chi connectivity index (χ2n) is 3.73. The number of rotatable bonds is 2. The number of esters is 1. The first-order valence-corrected chi connectivity index (χ1v) is 7.23. The number of thiophene rings is 2. The first kappa shape index (κ1) is 15.4. The Morgan fingerprint density at radius 3 is 1.74 bits per heavy atom. The number of aryl methyl sites for hydroxylation is 2. The topological polar surface area (TPSA) is 63.6 Å². The first-order valence-electron chi connectivity index (χ1n) is 5.34. The molecule has 0 atom stereocenters. The van der Waals surface area contributed by atoms with Gasteiger partial charge in [-0.1, -0.05) is 0 Å². The third kappa shape index (κ3) is 4.18. The molecule has 1 N–H and O–H groups in total. The van der Waals surface area contributed by atoms with Crippen LogP contribution in [0.3, 0.4) is 0 Å². The summed E-state index contributed by atoms with van der Waals surface area (Å²) in [5, 5.41) is 15.6. The fraction of sp³-hybridized carbons (Fsp3) is 0.231. The lowest BCUT2D eigenvalue weighted by molar-refractivity contribution is 0.0599. The van der Waals surface area contributed by atoms with Crippen molar-refractivity contribution in [1.82, 2.24) is 0 Å². The monoisotopic (exact) mass is 298 g/mol. The number of ether oxygens (including phenoxy) is 1. The van der Waals surface area contributed by atoms with Gasteiger partial charge in [-0.15, -0.1) is 0 Å². The summed E-state index contributed by atoms with van der Waals surface area (Å²) in [4.78, 5) is 21.2. The van der Waals surface area contributed by atoms with E-state index in [0.717, 1.165) is 11.1 Å². The van der Waals surface area contributed by atoms with E-state index in [9.17, 15) is 9.59 Å². The van der Waals surface area contributed by atoms with E-state index in [1.165, 1.54) is 29.8 Å². The van der Waals surface area contributed by atoms with Crippen molar-refractivity contribution >= 4 is 34.6 Å². The molecule has 2 aromatic heterocycles. The molecule has 0 aromatic carbocycles. The molecule has 6 heteroatoms. The van der Waals surface area contributed by atoms with Gasteiger partial charge in [-0.25, -0.2) is 9.59 Å². The first-order chi connectivity index (χ1) is 8.97. The lowest BCUT2D eigenvalue weighted by Crippen LogP contribution is -2.00. The molecule has 2 aromatic rings. The van der Waals surface area contributed by atoms with Crippen LogP contribution in [-0.2, 0) is 4.74 Å². The lowest BCUT2D eigenvalue weighted by Gasteiger charge is -1.94. The highest BCUT2D eigenvalue weighted by Crippen LogP contribution is 2.14. The van der Waals surface area contributed by atoms with Crippen molar-refractivity contribution in [2.75, 3.05) is 7.11 Å². The van der Waals surface area contributed by atoms with Crippen molar-refractivity contribution in [2.45, 2.75) is 13.8 Å². The zero-order valence-corrected chi connectivity index (χ0v) is 12.4. The molecule has 0 unspecified atom stereocenters. The van der Waals surface area contributed by atoms with Crippen LogP contribution in [0.15, 0.2) is 21.5 Å². The van der Waals surface area contributed by atoms with Gasteiger partial charge in [0.05, 0.1) is 18.2 Å². The Morgan fingerprint density at radius 1 is 1.00 bits per heavy atom. The molecule has 4 nitrogen and oxygen atoms in total. The van der Waals surface area contributed by atoms with Gasteiger partial charge in [-0.2, -0.15) is 22.7 Å². The van der Waals surface area contributed by atoms with Gasteiger partial charge in [0, 0.05) is 10.8 Å². The maximum Gasteiger partial charge on any atom is 0.338 e. The molecule has 0 saturated heterocycles. The number of carbonyl (C=O) groups is 2. The van der Waals surface area contributed by atoms with Gasteiger partial charge >= 0.3 is 11.9 Å². The van der Waals surface area contributed by atoms with Gasteiger partial charge in [-0.05, 0) is 35.7 Å². The molecule has 102 valence electrons. The molecule has 2 heterocycles. The third-order valence-corrected chi connectivity index (χ3v) is 4.07. The number of hydrogen-bond donors (Lipinski definition) is 1. The van der Waals surface area contributed by atoms with Crippen LogP contribution in [0.1, 0.15) is 31.8 Å². The lowest BCUT2D eigenvalue weighted by atomic mass is 10.2. The van der Waals surface area contributed by atoms with E-state index in [2.05, 4.69) is 4.74 Å². The van der Waals surface area contributed by atoms with E-state index in [1.807, 2.05) is 17.7 Å². The van der Waals surface area contributed by atoms with E-state index >= 15 is 0 Å². The zero-order valence-electron chi connectivity index (χ0n) is 10.8. The van der Waals surface area contributed by atoms with Crippen LogP contribution in [0, 0.1) is 13.8 Å². The Balaban J connectivity index is 0.000000191. The molecule has 19 heavy (non-hydrogen) atoms. The Bertz CT molecular complexity index is 569. The number of carbonyl (C=O) groups excluding carboxylic acids is 1. The van der Waals surface area contributed by atoms with E-state index in [1.54, 1.807) is 17.7 Å². The summed E-state index contributed by atoms with van der Waals surface area (Å²) < 4.78 is 4.54. The normalized spacial score (nSPS) is 9.42. The van der Waals surface area contributed by atoms with Gasteiger partial charge in [-0.3, -0.25) is 0 Å². The Labute approximate surface area is 119 Å². The van der Waals surface area contributed by atoms with E-state index < -0.39 is 5.97 Å². The molecule has 0 aliphatic heterocycles. The summed E-state index contributed by atoms with van der Waals surface area (Å²) in [5.74, 6) is -1.09. The summed E-state index contributed by atoms with van der Waals surface area (Å²) in [5.41, 5.74) is 2.91. The highest BCUT2D eigenvalue weighted by atomic mass is 32.1. The molecular formula is C13H14O4S2. The van der Waals surface area contributed by atoms with Crippen molar-refractivity contribution < 1.29 is 19.4 Å². The van der Waals surface area contributed by atoms with E-state index in [4.69, 9.17) is 5.11 Å².